The predicted octanol–water partition coefficient (Wildman–Crippen LogP) is 4.05. The SMILES string of the molecule is O=C(NC1CC2C=CC1C2)c1ccc(-c2ccccc2)cc1. The van der Waals surface area contributed by atoms with Crippen molar-refractivity contribution in [3.63, 3.8) is 0 Å². The Bertz CT molecular complexity index is 702. The van der Waals surface area contributed by atoms with Crippen LogP contribution in [-0.2, 0) is 0 Å². The van der Waals surface area contributed by atoms with Gasteiger partial charge in [-0.3, -0.25) is 4.79 Å². The van der Waals surface area contributed by atoms with Crippen LogP contribution >= 0.6 is 0 Å². The summed E-state index contributed by atoms with van der Waals surface area (Å²) >= 11 is 0. The molecule has 0 aromatic heterocycles. The fourth-order valence-electron chi connectivity index (χ4n) is 3.64. The molecule has 0 spiro atoms. The number of allylic oxidation sites excluding steroid dienone is 1. The molecule has 0 aliphatic heterocycles. The van der Waals surface area contributed by atoms with Gasteiger partial charge in [-0.2, -0.15) is 0 Å². The molecule has 3 unspecified atom stereocenters. The van der Waals surface area contributed by atoms with Crippen molar-refractivity contribution in [2.75, 3.05) is 0 Å². The van der Waals surface area contributed by atoms with E-state index in [0.717, 1.165) is 17.5 Å². The summed E-state index contributed by atoms with van der Waals surface area (Å²) in [6.45, 7) is 0. The third-order valence-corrected chi connectivity index (χ3v) is 4.85. The van der Waals surface area contributed by atoms with Gasteiger partial charge in [-0.1, -0.05) is 54.6 Å². The molecule has 2 aromatic carbocycles. The van der Waals surface area contributed by atoms with Crippen LogP contribution in [-0.4, -0.2) is 11.9 Å². The molecule has 2 aromatic rings. The Morgan fingerprint density at radius 3 is 2.23 bits per heavy atom. The van der Waals surface area contributed by atoms with Crippen LogP contribution in [0, 0.1) is 11.8 Å². The molecule has 1 amide bonds. The Kier molecular flexibility index (Phi) is 3.30. The lowest BCUT2D eigenvalue weighted by Crippen LogP contribution is -2.37. The minimum atomic E-state index is 0.0468. The minimum absolute atomic E-state index is 0.0468. The highest BCUT2D eigenvalue weighted by Gasteiger charge is 2.36. The highest BCUT2D eigenvalue weighted by atomic mass is 16.1. The van der Waals surface area contributed by atoms with E-state index in [9.17, 15) is 4.79 Å². The third-order valence-electron chi connectivity index (χ3n) is 4.85. The van der Waals surface area contributed by atoms with Crippen LogP contribution in [0.4, 0.5) is 0 Å². The molecule has 0 heterocycles. The summed E-state index contributed by atoms with van der Waals surface area (Å²) < 4.78 is 0. The van der Waals surface area contributed by atoms with E-state index in [1.54, 1.807) is 0 Å². The molecule has 2 bridgehead atoms. The molecular weight excluding hydrogens is 270 g/mol. The Morgan fingerprint density at radius 1 is 0.864 bits per heavy atom. The lowest BCUT2D eigenvalue weighted by molar-refractivity contribution is 0.0931. The first kappa shape index (κ1) is 13.3. The second-order valence-corrected chi connectivity index (χ2v) is 6.30. The van der Waals surface area contributed by atoms with E-state index in [2.05, 4.69) is 29.6 Å². The summed E-state index contributed by atoms with van der Waals surface area (Å²) in [4.78, 5) is 12.4. The van der Waals surface area contributed by atoms with Gasteiger partial charge in [0, 0.05) is 11.6 Å². The molecule has 3 atom stereocenters. The number of hydrogen-bond acceptors (Lipinski definition) is 1. The minimum Gasteiger partial charge on any atom is -0.349 e. The molecule has 4 rings (SSSR count). The number of hydrogen-bond donors (Lipinski definition) is 1. The van der Waals surface area contributed by atoms with Crippen molar-refractivity contribution in [1.29, 1.82) is 0 Å². The molecule has 0 saturated heterocycles. The van der Waals surface area contributed by atoms with Crippen LogP contribution in [0.5, 0.6) is 0 Å². The summed E-state index contributed by atoms with van der Waals surface area (Å²) in [5, 5.41) is 3.20. The fourth-order valence-corrected chi connectivity index (χ4v) is 3.64. The van der Waals surface area contributed by atoms with E-state index in [4.69, 9.17) is 0 Å². The Balaban J connectivity index is 1.46. The largest absolute Gasteiger partial charge is 0.349 e. The van der Waals surface area contributed by atoms with Gasteiger partial charge in [-0.25, -0.2) is 0 Å². The topological polar surface area (TPSA) is 29.1 Å². The molecule has 22 heavy (non-hydrogen) atoms. The maximum absolute atomic E-state index is 12.4. The number of rotatable bonds is 3. The number of amides is 1. The molecule has 1 fully saturated rings. The van der Waals surface area contributed by atoms with Gasteiger partial charge < -0.3 is 5.32 Å². The molecule has 0 radical (unpaired) electrons. The molecule has 1 saturated carbocycles. The number of fused-ring (bicyclic) bond motifs is 2. The highest BCUT2D eigenvalue weighted by Crippen LogP contribution is 2.39. The van der Waals surface area contributed by atoms with E-state index in [0.29, 0.717) is 17.9 Å². The van der Waals surface area contributed by atoms with Crippen molar-refractivity contribution in [1.82, 2.24) is 5.32 Å². The zero-order valence-corrected chi connectivity index (χ0v) is 12.4. The standard InChI is InChI=1S/C20H19NO/c22-20(21-19-13-14-6-7-18(19)12-14)17-10-8-16(9-11-17)15-4-2-1-3-5-15/h1-11,14,18-19H,12-13H2,(H,21,22). The van der Waals surface area contributed by atoms with Crippen molar-refractivity contribution in [3.05, 3.63) is 72.3 Å². The summed E-state index contributed by atoms with van der Waals surface area (Å²) in [6, 6.07) is 18.4. The molecule has 2 nitrogen and oxygen atoms in total. The first-order valence-corrected chi connectivity index (χ1v) is 7.94. The zero-order valence-electron chi connectivity index (χ0n) is 12.4. The molecule has 2 aliphatic carbocycles. The zero-order chi connectivity index (χ0) is 14.9. The summed E-state index contributed by atoms with van der Waals surface area (Å²) in [6.07, 6.45) is 6.85. The lowest BCUT2D eigenvalue weighted by atomic mass is 10.0. The Hall–Kier alpha value is -2.35. The normalized spacial score (nSPS) is 25.4. The van der Waals surface area contributed by atoms with Crippen molar-refractivity contribution in [2.45, 2.75) is 18.9 Å². The summed E-state index contributed by atoms with van der Waals surface area (Å²) in [7, 11) is 0. The fraction of sp³-hybridized carbons (Fsp3) is 0.250. The van der Waals surface area contributed by atoms with Crippen LogP contribution < -0.4 is 5.32 Å². The Labute approximate surface area is 130 Å². The van der Waals surface area contributed by atoms with Gasteiger partial charge in [-0.05, 0) is 47.9 Å². The van der Waals surface area contributed by atoms with E-state index in [1.165, 1.54) is 12.0 Å². The van der Waals surface area contributed by atoms with Crippen LogP contribution in [0.3, 0.4) is 0 Å². The van der Waals surface area contributed by atoms with Crippen LogP contribution in [0.2, 0.25) is 0 Å². The quantitative estimate of drug-likeness (QED) is 0.849. The van der Waals surface area contributed by atoms with Gasteiger partial charge in [0.05, 0.1) is 0 Å². The first-order valence-electron chi connectivity index (χ1n) is 7.94. The van der Waals surface area contributed by atoms with Crippen molar-refractivity contribution in [3.8, 4) is 11.1 Å². The van der Waals surface area contributed by atoms with Crippen LogP contribution in [0.25, 0.3) is 11.1 Å². The van der Waals surface area contributed by atoms with E-state index < -0.39 is 0 Å². The van der Waals surface area contributed by atoms with E-state index in [1.807, 2.05) is 42.5 Å². The van der Waals surface area contributed by atoms with Gasteiger partial charge in [0.15, 0.2) is 0 Å². The molecule has 1 N–H and O–H groups in total. The average Bonchev–Trinajstić information content (AvgIpc) is 3.19. The maximum atomic E-state index is 12.4. The van der Waals surface area contributed by atoms with Gasteiger partial charge in [-0.15, -0.1) is 0 Å². The van der Waals surface area contributed by atoms with Gasteiger partial charge >= 0.3 is 0 Å². The lowest BCUT2D eigenvalue weighted by Gasteiger charge is -2.19. The van der Waals surface area contributed by atoms with Crippen molar-refractivity contribution < 1.29 is 4.79 Å². The van der Waals surface area contributed by atoms with E-state index >= 15 is 0 Å². The van der Waals surface area contributed by atoms with Gasteiger partial charge in [0.1, 0.15) is 0 Å². The second-order valence-electron chi connectivity index (χ2n) is 6.30. The predicted molar refractivity (Wildman–Crippen MR) is 88.5 cm³/mol. The smallest absolute Gasteiger partial charge is 0.251 e. The number of nitrogens with one attached hydrogen (secondary N) is 1. The molecule has 2 aliphatic rings. The molecule has 2 heteroatoms. The van der Waals surface area contributed by atoms with Crippen LogP contribution in [0.1, 0.15) is 23.2 Å². The van der Waals surface area contributed by atoms with Crippen LogP contribution in [0.15, 0.2) is 66.7 Å². The maximum Gasteiger partial charge on any atom is 0.251 e. The molecular formula is C20H19NO. The van der Waals surface area contributed by atoms with Crippen molar-refractivity contribution in [2.24, 2.45) is 11.8 Å². The van der Waals surface area contributed by atoms with Gasteiger partial charge in [0.2, 0.25) is 0 Å². The Morgan fingerprint density at radius 2 is 1.59 bits per heavy atom. The monoisotopic (exact) mass is 289 g/mol. The second kappa shape index (κ2) is 5.45. The molecule has 110 valence electrons. The average molecular weight is 289 g/mol. The van der Waals surface area contributed by atoms with Gasteiger partial charge in [0.25, 0.3) is 5.91 Å². The number of carbonyl (C=O) groups excluding carboxylic acids is 1. The number of benzene rings is 2. The van der Waals surface area contributed by atoms with Crippen molar-refractivity contribution >= 4 is 5.91 Å². The summed E-state index contributed by atoms with van der Waals surface area (Å²) in [5.74, 6) is 1.26. The third kappa shape index (κ3) is 2.45. The summed E-state index contributed by atoms with van der Waals surface area (Å²) in [5.41, 5.74) is 3.05. The number of carbonyl (C=O) groups is 1. The highest BCUT2D eigenvalue weighted by molar-refractivity contribution is 5.95. The first-order chi connectivity index (χ1) is 10.8. The van der Waals surface area contributed by atoms with E-state index in [-0.39, 0.29) is 5.91 Å².